The van der Waals surface area contributed by atoms with E-state index in [-0.39, 0.29) is 18.7 Å². The first-order chi connectivity index (χ1) is 14.8. The number of alkyl halides is 3. The van der Waals surface area contributed by atoms with Crippen LogP contribution in [0.4, 0.5) is 18.0 Å². The van der Waals surface area contributed by atoms with Gasteiger partial charge in [-0.2, -0.15) is 13.2 Å². The number of nitrogens with one attached hydrogen (secondary N) is 2. The Labute approximate surface area is 178 Å². The van der Waals surface area contributed by atoms with Crippen molar-refractivity contribution in [3.63, 3.8) is 0 Å². The molecule has 168 valence electrons. The van der Waals surface area contributed by atoms with E-state index in [1.54, 1.807) is 30.3 Å². The topological polar surface area (TPSA) is 76.7 Å². The number of piperidine rings is 1. The molecule has 2 aromatic rings. The molecule has 1 saturated heterocycles. The lowest BCUT2D eigenvalue weighted by atomic mass is 10.1. The molecule has 1 amide bonds. The molecule has 1 aliphatic rings. The Morgan fingerprint density at radius 3 is 1.84 bits per heavy atom. The molecule has 0 spiro atoms. The van der Waals surface area contributed by atoms with Gasteiger partial charge in [-0.15, -0.1) is 0 Å². The number of alkyl carbamates (subject to hydrolysis) is 1. The van der Waals surface area contributed by atoms with E-state index in [4.69, 9.17) is 4.74 Å². The van der Waals surface area contributed by atoms with Gasteiger partial charge < -0.3 is 20.1 Å². The van der Waals surface area contributed by atoms with Crippen molar-refractivity contribution >= 4 is 12.1 Å². The van der Waals surface area contributed by atoms with Gasteiger partial charge in [0.25, 0.3) is 0 Å². The Morgan fingerprint density at radius 1 is 0.871 bits per heavy atom. The molecule has 0 aliphatic carbocycles. The van der Waals surface area contributed by atoms with E-state index in [0.29, 0.717) is 12.2 Å². The fourth-order valence-corrected chi connectivity index (χ4v) is 2.70. The summed E-state index contributed by atoms with van der Waals surface area (Å²) in [7, 11) is 0. The third-order valence-electron chi connectivity index (χ3n) is 4.32. The zero-order valence-electron chi connectivity index (χ0n) is 16.9. The Morgan fingerprint density at radius 2 is 1.35 bits per heavy atom. The highest BCUT2D eigenvalue weighted by molar-refractivity contribution is 5.75. The largest absolute Gasteiger partial charge is 0.490 e. The minimum absolute atomic E-state index is 0.250. The van der Waals surface area contributed by atoms with Crippen LogP contribution in [0.3, 0.4) is 0 Å². The van der Waals surface area contributed by atoms with Crippen LogP contribution in [0.2, 0.25) is 0 Å². The highest BCUT2D eigenvalue weighted by atomic mass is 19.4. The number of carbonyl (C=O) groups excluding carboxylic acids is 2. The Balaban J connectivity index is 0.000000225. The first-order valence-electron chi connectivity index (χ1n) is 9.80. The van der Waals surface area contributed by atoms with E-state index in [1.807, 2.05) is 30.3 Å². The predicted octanol–water partition coefficient (Wildman–Crippen LogP) is 3.96. The van der Waals surface area contributed by atoms with Gasteiger partial charge in [-0.1, -0.05) is 60.7 Å². The molecule has 1 fully saturated rings. The van der Waals surface area contributed by atoms with Gasteiger partial charge in [0.15, 0.2) is 0 Å². The number of benzene rings is 2. The average molecular weight is 438 g/mol. The molecule has 1 heterocycles. The Kier molecular flexibility index (Phi) is 9.83. The van der Waals surface area contributed by atoms with Crippen molar-refractivity contribution in [2.75, 3.05) is 13.1 Å². The molecule has 2 aromatic carbocycles. The van der Waals surface area contributed by atoms with Crippen LogP contribution in [0.15, 0.2) is 60.7 Å². The summed E-state index contributed by atoms with van der Waals surface area (Å²) in [5, 5.41) is 6.14. The van der Waals surface area contributed by atoms with Crippen molar-refractivity contribution in [3.8, 4) is 0 Å². The molecular formula is C22H25F3N2O4. The molecule has 3 rings (SSSR count). The molecule has 9 heteroatoms. The number of rotatable bonds is 5. The molecule has 0 atom stereocenters. The lowest BCUT2D eigenvalue weighted by molar-refractivity contribution is -0.201. The summed E-state index contributed by atoms with van der Waals surface area (Å²) in [4.78, 5) is 21.8. The quantitative estimate of drug-likeness (QED) is 0.692. The van der Waals surface area contributed by atoms with Gasteiger partial charge >= 0.3 is 18.2 Å². The summed E-state index contributed by atoms with van der Waals surface area (Å²) in [6, 6.07) is 18.1. The zero-order valence-corrected chi connectivity index (χ0v) is 16.9. The maximum Gasteiger partial charge on any atom is 0.490 e. The lowest BCUT2D eigenvalue weighted by Gasteiger charge is -2.23. The molecule has 6 nitrogen and oxygen atoms in total. The predicted molar refractivity (Wildman–Crippen MR) is 108 cm³/mol. The number of carbonyl (C=O) groups is 2. The monoisotopic (exact) mass is 438 g/mol. The normalized spacial score (nSPS) is 14.0. The van der Waals surface area contributed by atoms with Crippen molar-refractivity contribution in [3.05, 3.63) is 71.8 Å². The summed E-state index contributed by atoms with van der Waals surface area (Å²) in [6.07, 6.45) is -3.30. The first kappa shape index (κ1) is 24.2. The smallest absolute Gasteiger partial charge is 0.454 e. The van der Waals surface area contributed by atoms with E-state index in [9.17, 15) is 22.8 Å². The summed E-state index contributed by atoms with van der Waals surface area (Å²) < 4.78 is 44.2. The molecule has 0 saturated carbocycles. The van der Waals surface area contributed by atoms with Crippen LogP contribution in [-0.4, -0.2) is 37.4 Å². The number of ether oxygens (including phenoxy) is 2. The van der Waals surface area contributed by atoms with E-state index in [1.165, 1.54) is 0 Å². The molecule has 31 heavy (non-hydrogen) atoms. The second-order valence-electron chi connectivity index (χ2n) is 6.79. The van der Waals surface area contributed by atoms with Gasteiger partial charge in [-0.3, -0.25) is 0 Å². The maximum absolute atomic E-state index is 11.7. The molecule has 1 aliphatic heterocycles. The van der Waals surface area contributed by atoms with Crippen LogP contribution in [0.5, 0.6) is 0 Å². The number of esters is 1. The molecule has 2 N–H and O–H groups in total. The maximum atomic E-state index is 11.7. The van der Waals surface area contributed by atoms with Crippen LogP contribution >= 0.6 is 0 Å². The number of halogens is 3. The van der Waals surface area contributed by atoms with Gasteiger partial charge in [-0.25, -0.2) is 9.59 Å². The van der Waals surface area contributed by atoms with Crippen molar-refractivity contribution in [1.29, 1.82) is 0 Å². The van der Waals surface area contributed by atoms with Crippen molar-refractivity contribution in [1.82, 2.24) is 10.6 Å². The van der Waals surface area contributed by atoms with E-state index < -0.39 is 12.1 Å². The minimum atomic E-state index is -4.92. The fourth-order valence-electron chi connectivity index (χ4n) is 2.70. The summed E-state index contributed by atoms with van der Waals surface area (Å²) in [5.41, 5.74) is 1.53. The standard InChI is InChI=1S/C13H18N2O2.C9H7F3O2/c16-13(15-12-6-8-14-9-7-12)17-10-11-4-2-1-3-5-11;10-9(11,12)8(13)14-6-7-4-2-1-3-5-7/h1-5,12,14H,6-10H2,(H,15,16);1-5H,6H2. The molecule has 0 radical (unpaired) electrons. The molecule has 0 bridgehead atoms. The fraction of sp³-hybridized carbons (Fsp3) is 0.364. The second-order valence-corrected chi connectivity index (χ2v) is 6.79. The third-order valence-corrected chi connectivity index (χ3v) is 4.32. The number of amides is 1. The zero-order chi connectivity index (χ0) is 22.5. The Hall–Kier alpha value is -3.07. The lowest BCUT2D eigenvalue weighted by Crippen LogP contribution is -2.42. The molecule has 0 unspecified atom stereocenters. The van der Waals surface area contributed by atoms with Crippen LogP contribution in [0.1, 0.15) is 24.0 Å². The van der Waals surface area contributed by atoms with Crippen LogP contribution in [-0.2, 0) is 27.5 Å². The van der Waals surface area contributed by atoms with Crippen molar-refractivity contribution in [2.45, 2.75) is 38.3 Å². The van der Waals surface area contributed by atoms with Gasteiger partial charge in [0, 0.05) is 6.04 Å². The minimum Gasteiger partial charge on any atom is -0.454 e. The summed E-state index contributed by atoms with van der Waals surface area (Å²) >= 11 is 0. The molecule has 0 aromatic heterocycles. The van der Waals surface area contributed by atoms with Gasteiger partial charge in [0.05, 0.1) is 0 Å². The summed E-state index contributed by atoms with van der Waals surface area (Å²) in [6.45, 7) is 1.89. The van der Waals surface area contributed by atoms with Gasteiger partial charge in [0.1, 0.15) is 13.2 Å². The Bertz CT molecular complexity index is 795. The van der Waals surface area contributed by atoms with Gasteiger partial charge in [0.2, 0.25) is 0 Å². The number of hydrogen-bond acceptors (Lipinski definition) is 5. The summed E-state index contributed by atoms with van der Waals surface area (Å²) in [5.74, 6) is -2.17. The second kappa shape index (κ2) is 12.6. The first-order valence-corrected chi connectivity index (χ1v) is 9.80. The SMILES string of the molecule is O=C(NC1CCNCC1)OCc1ccccc1.O=C(OCc1ccccc1)C(F)(F)F. The van der Waals surface area contributed by atoms with E-state index in [2.05, 4.69) is 15.4 Å². The highest BCUT2D eigenvalue weighted by Crippen LogP contribution is 2.17. The average Bonchev–Trinajstić information content (AvgIpc) is 2.78. The van der Waals surface area contributed by atoms with Crippen LogP contribution in [0, 0.1) is 0 Å². The van der Waals surface area contributed by atoms with Crippen LogP contribution < -0.4 is 10.6 Å². The third kappa shape index (κ3) is 9.99. The van der Waals surface area contributed by atoms with Crippen LogP contribution in [0.25, 0.3) is 0 Å². The van der Waals surface area contributed by atoms with E-state index >= 15 is 0 Å². The molecular weight excluding hydrogens is 413 g/mol. The van der Waals surface area contributed by atoms with E-state index in [0.717, 1.165) is 31.5 Å². The van der Waals surface area contributed by atoms with Crippen molar-refractivity contribution < 1.29 is 32.2 Å². The van der Waals surface area contributed by atoms with Crippen molar-refractivity contribution in [2.24, 2.45) is 0 Å². The van der Waals surface area contributed by atoms with Gasteiger partial charge in [-0.05, 0) is 37.1 Å². The number of hydrogen-bond donors (Lipinski definition) is 2. The highest BCUT2D eigenvalue weighted by Gasteiger charge is 2.40.